The van der Waals surface area contributed by atoms with Gasteiger partial charge in [0.15, 0.2) is 24.3 Å². The van der Waals surface area contributed by atoms with Gasteiger partial charge in [-0.1, -0.05) is 12.1 Å². The van der Waals surface area contributed by atoms with Gasteiger partial charge in [-0.15, -0.1) is 0 Å². The second kappa shape index (κ2) is 7.03. The summed E-state index contributed by atoms with van der Waals surface area (Å²) in [4.78, 5) is 24.8. The van der Waals surface area contributed by atoms with E-state index in [0.29, 0.717) is 6.54 Å². The van der Waals surface area contributed by atoms with Gasteiger partial charge >= 0.3 is 5.97 Å². The highest BCUT2D eigenvalue weighted by Crippen LogP contribution is 2.15. The minimum atomic E-state index is -0.791. The summed E-state index contributed by atoms with van der Waals surface area (Å²) in [6.07, 6.45) is -0.791. The fourth-order valence-corrected chi connectivity index (χ4v) is 1.94. The number of amides is 1. The molecule has 0 N–H and O–H groups in total. The van der Waals surface area contributed by atoms with Crippen molar-refractivity contribution in [3.8, 4) is 5.75 Å². The lowest BCUT2D eigenvalue weighted by Gasteiger charge is -2.31. The molecular weight excluding hydrogens is 281 g/mol. The Morgan fingerprint density at radius 2 is 2.19 bits per heavy atom. The second-order valence-electron chi connectivity index (χ2n) is 4.44. The van der Waals surface area contributed by atoms with Crippen molar-refractivity contribution in [2.45, 2.75) is 6.10 Å². The Morgan fingerprint density at radius 3 is 2.90 bits per heavy atom. The first-order chi connectivity index (χ1) is 10.1. The molecule has 0 saturated carbocycles. The van der Waals surface area contributed by atoms with Crippen molar-refractivity contribution in [2.75, 3.05) is 33.4 Å². The summed E-state index contributed by atoms with van der Waals surface area (Å²) < 4.78 is 28.3. The van der Waals surface area contributed by atoms with Crippen molar-refractivity contribution in [1.82, 2.24) is 4.90 Å². The van der Waals surface area contributed by atoms with Crippen LogP contribution in [0.15, 0.2) is 24.3 Å². The SMILES string of the molecule is COC(=O)C1CN(C(=O)COc2ccccc2F)CCO1. The maximum atomic E-state index is 13.4. The molecule has 1 unspecified atom stereocenters. The number of morpholine rings is 1. The molecule has 0 bridgehead atoms. The Balaban J connectivity index is 1.88. The fourth-order valence-electron chi connectivity index (χ4n) is 1.94. The number of methoxy groups -OCH3 is 1. The van der Waals surface area contributed by atoms with Crippen LogP contribution in [0.5, 0.6) is 5.75 Å². The zero-order valence-electron chi connectivity index (χ0n) is 11.6. The van der Waals surface area contributed by atoms with Crippen LogP contribution in [0.1, 0.15) is 0 Å². The minimum absolute atomic E-state index is 0.0172. The molecule has 0 radical (unpaired) electrons. The summed E-state index contributed by atoms with van der Waals surface area (Å²) in [7, 11) is 1.26. The van der Waals surface area contributed by atoms with Gasteiger partial charge in [-0.3, -0.25) is 4.79 Å². The lowest BCUT2D eigenvalue weighted by atomic mass is 10.2. The van der Waals surface area contributed by atoms with E-state index < -0.39 is 17.9 Å². The fraction of sp³-hybridized carbons (Fsp3) is 0.429. The van der Waals surface area contributed by atoms with E-state index >= 15 is 0 Å². The summed E-state index contributed by atoms with van der Waals surface area (Å²) in [6.45, 7) is 0.402. The van der Waals surface area contributed by atoms with Gasteiger partial charge in [0, 0.05) is 6.54 Å². The van der Waals surface area contributed by atoms with Crippen LogP contribution in [0.2, 0.25) is 0 Å². The van der Waals surface area contributed by atoms with E-state index in [4.69, 9.17) is 9.47 Å². The highest BCUT2D eigenvalue weighted by molar-refractivity contribution is 5.80. The number of benzene rings is 1. The topological polar surface area (TPSA) is 65.1 Å². The number of carbonyl (C=O) groups excluding carboxylic acids is 2. The van der Waals surface area contributed by atoms with Crippen LogP contribution < -0.4 is 4.74 Å². The molecule has 1 amide bonds. The summed E-state index contributed by atoms with van der Waals surface area (Å²) in [5.74, 6) is -1.37. The van der Waals surface area contributed by atoms with Crippen LogP contribution >= 0.6 is 0 Å². The Hall–Kier alpha value is -2.15. The van der Waals surface area contributed by atoms with Crippen LogP contribution in [-0.2, 0) is 19.1 Å². The number of nitrogens with zero attached hydrogens (tertiary/aromatic N) is 1. The predicted octanol–water partition coefficient (Wildman–Crippen LogP) is 0.605. The van der Waals surface area contributed by atoms with E-state index in [1.165, 1.54) is 30.2 Å². The third kappa shape index (κ3) is 3.91. The first-order valence-corrected chi connectivity index (χ1v) is 6.46. The van der Waals surface area contributed by atoms with Crippen molar-refractivity contribution in [3.63, 3.8) is 0 Å². The molecule has 0 aromatic heterocycles. The van der Waals surface area contributed by atoms with Crippen LogP contribution in [0.3, 0.4) is 0 Å². The summed E-state index contributed by atoms with van der Waals surface area (Å²) in [6, 6.07) is 5.85. The smallest absolute Gasteiger partial charge is 0.336 e. The van der Waals surface area contributed by atoms with E-state index in [0.717, 1.165) is 0 Å². The normalized spacial score (nSPS) is 18.2. The summed E-state index contributed by atoms with van der Waals surface area (Å²) in [5.41, 5.74) is 0. The summed E-state index contributed by atoms with van der Waals surface area (Å²) >= 11 is 0. The molecule has 6 nitrogen and oxygen atoms in total. The Kier molecular flexibility index (Phi) is 5.10. The van der Waals surface area contributed by atoms with Crippen molar-refractivity contribution >= 4 is 11.9 Å². The lowest BCUT2D eigenvalue weighted by Crippen LogP contribution is -2.50. The Labute approximate surface area is 121 Å². The molecule has 7 heteroatoms. The van der Waals surface area contributed by atoms with E-state index in [2.05, 4.69) is 4.74 Å². The first kappa shape index (κ1) is 15.2. The van der Waals surface area contributed by atoms with Crippen molar-refractivity contribution in [1.29, 1.82) is 0 Å². The van der Waals surface area contributed by atoms with Crippen LogP contribution in [0.25, 0.3) is 0 Å². The molecule has 1 atom stereocenters. The quantitative estimate of drug-likeness (QED) is 0.762. The van der Waals surface area contributed by atoms with E-state index in [1.54, 1.807) is 6.07 Å². The van der Waals surface area contributed by atoms with Gasteiger partial charge in [0.25, 0.3) is 5.91 Å². The van der Waals surface area contributed by atoms with Crippen LogP contribution in [0, 0.1) is 5.82 Å². The second-order valence-corrected chi connectivity index (χ2v) is 4.44. The van der Waals surface area contributed by atoms with Crippen LogP contribution in [-0.4, -0.2) is 56.3 Å². The van der Waals surface area contributed by atoms with Gasteiger partial charge in [-0.05, 0) is 12.1 Å². The predicted molar refractivity (Wildman–Crippen MR) is 70.2 cm³/mol. The molecule has 2 rings (SSSR count). The van der Waals surface area contributed by atoms with Crippen LogP contribution in [0.4, 0.5) is 4.39 Å². The van der Waals surface area contributed by atoms with Gasteiger partial charge in [-0.25, -0.2) is 9.18 Å². The Morgan fingerprint density at radius 1 is 1.43 bits per heavy atom. The number of esters is 1. The van der Waals surface area contributed by atoms with Gasteiger partial charge in [-0.2, -0.15) is 0 Å². The number of halogens is 1. The standard InChI is InChI=1S/C14H16FNO5/c1-19-14(18)12-8-16(6-7-20-12)13(17)9-21-11-5-3-2-4-10(11)15/h2-5,12H,6-9H2,1H3. The van der Waals surface area contributed by atoms with Gasteiger partial charge in [0.1, 0.15) is 0 Å². The monoisotopic (exact) mass is 297 g/mol. The van der Waals surface area contributed by atoms with Crippen molar-refractivity contribution in [3.05, 3.63) is 30.1 Å². The third-order valence-electron chi connectivity index (χ3n) is 3.07. The van der Waals surface area contributed by atoms with Crippen molar-refractivity contribution in [2.24, 2.45) is 0 Å². The van der Waals surface area contributed by atoms with E-state index in [-0.39, 0.29) is 31.4 Å². The number of hydrogen-bond donors (Lipinski definition) is 0. The van der Waals surface area contributed by atoms with Gasteiger partial charge < -0.3 is 19.1 Å². The first-order valence-electron chi connectivity index (χ1n) is 6.46. The maximum Gasteiger partial charge on any atom is 0.336 e. The zero-order chi connectivity index (χ0) is 15.2. The van der Waals surface area contributed by atoms with E-state index in [1.807, 2.05) is 0 Å². The largest absolute Gasteiger partial charge is 0.481 e. The van der Waals surface area contributed by atoms with Gasteiger partial charge in [0.2, 0.25) is 0 Å². The molecule has 1 heterocycles. The third-order valence-corrected chi connectivity index (χ3v) is 3.07. The molecule has 0 spiro atoms. The number of rotatable bonds is 4. The number of hydrogen-bond acceptors (Lipinski definition) is 5. The van der Waals surface area contributed by atoms with Gasteiger partial charge in [0.05, 0.1) is 20.3 Å². The summed E-state index contributed by atoms with van der Waals surface area (Å²) in [5, 5.41) is 0. The molecule has 21 heavy (non-hydrogen) atoms. The average Bonchev–Trinajstić information content (AvgIpc) is 2.53. The minimum Gasteiger partial charge on any atom is -0.481 e. The molecular formula is C14H16FNO5. The molecule has 0 aliphatic carbocycles. The molecule has 1 aliphatic heterocycles. The highest BCUT2D eigenvalue weighted by Gasteiger charge is 2.30. The molecule has 1 aliphatic rings. The molecule has 1 aromatic rings. The molecule has 1 saturated heterocycles. The lowest BCUT2D eigenvalue weighted by molar-refractivity contribution is -0.163. The number of para-hydroxylation sites is 1. The highest BCUT2D eigenvalue weighted by atomic mass is 19.1. The average molecular weight is 297 g/mol. The number of carbonyl (C=O) groups is 2. The Bertz CT molecular complexity index is 522. The molecule has 1 fully saturated rings. The maximum absolute atomic E-state index is 13.4. The molecule has 1 aromatic carbocycles. The van der Waals surface area contributed by atoms with E-state index in [9.17, 15) is 14.0 Å². The zero-order valence-corrected chi connectivity index (χ0v) is 11.6. The number of ether oxygens (including phenoxy) is 3. The molecule has 114 valence electrons. The van der Waals surface area contributed by atoms with Crippen molar-refractivity contribution < 1.29 is 28.2 Å².